The van der Waals surface area contributed by atoms with Crippen LogP contribution in [0.4, 0.5) is 5.82 Å². The van der Waals surface area contributed by atoms with Crippen molar-refractivity contribution < 1.29 is 4.74 Å². The van der Waals surface area contributed by atoms with E-state index < -0.39 is 0 Å². The Kier molecular flexibility index (Phi) is 3.75. The van der Waals surface area contributed by atoms with Crippen molar-refractivity contribution in [2.75, 3.05) is 18.0 Å². The lowest BCUT2D eigenvalue weighted by molar-refractivity contribution is -0.00537. The number of morpholine rings is 1. The number of benzene rings is 1. The average molecular weight is 325 g/mol. The van der Waals surface area contributed by atoms with Crippen LogP contribution in [0.5, 0.6) is 0 Å². The SMILES string of the molecule is CC1CN(c2ncnc3sc(-c4ccccc4)cc23)CC(C)O1. The van der Waals surface area contributed by atoms with E-state index in [9.17, 15) is 0 Å². The maximum Gasteiger partial charge on any atom is 0.140 e. The van der Waals surface area contributed by atoms with E-state index in [1.54, 1.807) is 17.7 Å². The van der Waals surface area contributed by atoms with Crippen LogP contribution in [0.15, 0.2) is 42.7 Å². The maximum atomic E-state index is 5.84. The van der Waals surface area contributed by atoms with Crippen molar-refractivity contribution >= 4 is 27.4 Å². The molecule has 2 aromatic heterocycles. The van der Waals surface area contributed by atoms with Crippen molar-refractivity contribution in [3.05, 3.63) is 42.7 Å². The molecule has 3 heterocycles. The summed E-state index contributed by atoms with van der Waals surface area (Å²) in [5.74, 6) is 1.02. The fourth-order valence-corrected chi connectivity index (χ4v) is 4.19. The number of thiophene rings is 1. The predicted octanol–water partition coefficient (Wildman–Crippen LogP) is 3.97. The van der Waals surface area contributed by atoms with Crippen LogP contribution >= 0.6 is 11.3 Å². The van der Waals surface area contributed by atoms with Gasteiger partial charge in [-0.25, -0.2) is 9.97 Å². The Bertz CT molecular complexity index is 808. The second-order valence-electron chi connectivity index (χ2n) is 6.06. The van der Waals surface area contributed by atoms with E-state index >= 15 is 0 Å². The first-order valence-corrected chi connectivity index (χ1v) is 8.73. The molecule has 0 radical (unpaired) electrons. The Balaban J connectivity index is 1.77. The maximum absolute atomic E-state index is 5.84. The van der Waals surface area contributed by atoms with Crippen molar-refractivity contribution in [3.63, 3.8) is 0 Å². The first-order valence-electron chi connectivity index (χ1n) is 7.91. The number of anilines is 1. The molecule has 5 heteroatoms. The van der Waals surface area contributed by atoms with Crippen LogP contribution in [-0.4, -0.2) is 35.3 Å². The van der Waals surface area contributed by atoms with Gasteiger partial charge >= 0.3 is 0 Å². The number of rotatable bonds is 2. The molecule has 1 saturated heterocycles. The van der Waals surface area contributed by atoms with Crippen LogP contribution in [0.3, 0.4) is 0 Å². The van der Waals surface area contributed by atoms with Gasteiger partial charge in [0.15, 0.2) is 0 Å². The molecule has 0 amide bonds. The summed E-state index contributed by atoms with van der Waals surface area (Å²) < 4.78 is 5.84. The van der Waals surface area contributed by atoms with Crippen molar-refractivity contribution in [2.45, 2.75) is 26.1 Å². The molecule has 0 spiro atoms. The summed E-state index contributed by atoms with van der Waals surface area (Å²) in [6.07, 6.45) is 2.11. The Morgan fingerprint density at radius 2 is 1.83 bits per heavy atom. The highest BCUT2D eigenvalue weighted by Gasteiger charge is 2.25. The number of nitrogens with zero attached hydrogens (tertiary/aromatic N) is 3. The van der Waals surface area contributed by atoms with E-state index in [4.69, 9.17) is 4.74 Å². The highest BCUT2D eigenvalue weighted by atomic mass is 32.1. The van der Waals surface area contributed by atoms with Crippen LogP contribution in [0.2, 0.25) is 0 Å². The normalized spacial score (nSPS) is 21.7. The third-order valence-corrected chi connectivity index (χ3v) is 5.18. The number of fused-ring (bicyclic) bond motifs is 1. The Morgan fingerprint density at radius 1 is 1.09 bits per heavy atom. The zero-order valence-corrected chi connectivity index (χ0v) is 14.1. The molecule has 0 aliphatic carbocycles. The third-order valence-electron chi connectivity index (χ3n) is 4.09. The van der Waals surface area contributed by atoms with Crippen LogP contribution in [0, 0.1) is 0 Å². The van der Waals surface area contributed by atoms with Gasteiger partial charge in [-0.2, -0.15) is 0 Å². The van der Waals surface area contributed by atoms with Gasteiger partial charge in [0.25, 0.3) is 0 Å². The summed E-state index contributed by atoms with van der Waals surface area (Å²) in [6.45, 7) is 5.97. The molecule has 3 aromatic rings. The topological polar surface area (TPSA) is 38.2 Å². The highest BCUT2D eigenvalue weighted by Crippen LogP contribution is 2.36. The lowest BCUT2D eigenvalue weighted by Gasteiger charge is -2.36. The fourth-order valence-electron chi connectivity index (χ4n) is 3.19. The summed E-state index contributed by atoms with van der Waals surface area (Å²) in [5.41, 5.74) is 1.23. The molecular weight excluding hydrogens is 306 g/mol. The summed E-state index contributed by atoms with van der Waals surface area (Å²) in [4.78, 5) is 13.6. The summed E-state index contributed by atoms with van der Waals surface area (Å²) in [5, 5.41) is 1.14. The first-order chi connectivity index (χ1) is 11.2. The summed E-state index contributed by atoms with van der Waals surface area (Å²) >= 11 is 1.72. The van der Waals surface area contributed by atoms with Crippen LogP contribution < -0.4 is 4.90 Å². The fraction of sp³-hybridized carbons (Fsp3) is 0.333. The molecule has 4 nitrogen and oxygen atoms in total. The second kappa shape index (κ2) is 5.91. The first kappa shape index (κ1) is 14.6. The molecule has 0 N–H and O–H groups in total. The predicted molar refractivity (Wildman–Crippen MR) is 95.1 cm³/mol. The molecule has 118 valence electrons. The van der Waals surface area contributed by atoms with Crippen molar-refractivity contribution in [1.82, 2.24) is 9.97 Å². The number of hydrogen-bond acceptors (Lipinski definition) is 5. The Morgan fingerprint density at radius 3 is 2.57 bits per heavy atom. The van der Waals surface area contributed by atoms with Gasteiger partial charge in [-0.15, -0.1) is 11.3 Å². The zero-order valence-electron chi connectivity index (χ0n) is 13.3. The largest absolute Gasteiger partial charge is 0.372 e. The average Bonchev–Trinajstić information content (AvgIpc) is 2.99. The number of aromatic nitrogens is 2. The number of hydrogen-bond donors (Lipinski definition) is 0. The minimum absolute atomic E-state index is 0.219. The van der Waals surface area contributed by atoms with Gasteiger partial charge in [0.2, 0.25) is 0 Å². The smallest absolute Gasteiger partial charge is 0.140 e. The Hall–Kier alpha value is -1.98. The minimum Gasteiger partial charge on any atom is -0.372 e. The van der Waals surface area contributed by atoms with Crippen molar-refractivity contribution in [3.8, 4) is 10.4 Å². The van der Waals surface area contributed by atoms with Gasteiger partial charge < -0.3 is 9.64 Å². The molecule has 0 saturated carbocycles. The lowest BCUT2D eigenvalue weighted by Crippen LogP contribution is -2.45. The van der Waals surface area contributed by atoms with Crippen LogP contribution in [0.1, 0.15) is 13.8 Å². The minimum atomic E-state index is 0.219. The van der Waals surface area contributed by atoms with E-state index in [1.807, 2.05) is 6.07 Å². The monoisotopic (exact) mass is 325 g/mol. The van der Waals surface area contributed by atoms with Gasteiger partial charge in [-0.3, -0.25) is 0 Å². The Labute approximate surface area is 139 Å². The van der Waals surface area contributed by atoms with Crippen LogP contribution in [0.25, 0.3) is 20.7 Å². The van der Waals surface area contributed by atoms with Gasteiger partial charge in [0.05, 0.1) is 17.6 Å². The van der Waals surface area contributed by atoms with E-state index in [-0.39, 0.29) is 12.2 Å². The van der Waals surface area contributed by atoms with Gasteiger partial charge in [-0.1, -0.05) is 30.3 Å². The molecule has 1 aromatic carbocycles. The van der Waals surface area contributed by atoms with E-state index in [0.29, 0.717) is 0 Å². The van der Waals surface area contributed by atoms with Gasteiger partial charge in [0, 0.05) is 18.0 Å². The van der Waals surface area contributed by atoms with Crippen molar-refractivity contribution in [2.24, 2.45) is 0 Å². The van der Waals surface area contributed by atoms with Crippen molar-refractivity contribution in [1.29, 1.82) is 0 Å². The molecule has 2 atom stereocenters. The second-order valence-corrected chi connectivity index (χ2v) is 7.09. The molecule has 1 aliphatic rings. The van der Waals surface area contributed by atoms with E-state index in [0.717, 1.165) is 29.1 Å². The van der Waals surface area contributed by atoms with E-state index in [2.05, 4.69) is 59.0 Å². The zero-order chi connectivity index (χ0) is 15.8. The molecule has 0 bridgehead atoms. The molecule has 1 aliphatic heterocycles. The molecule has 4 rings (SSSR count). The summed E-state index contributed by atoms with van der Waals surface area (Å²) in [7, 11) is 0. The molecular formula is C18H19N3OS. The lowest BCUT2D eigenvalue weighted by atomic mass is 10.1. The third kappa shape index (κ3) is 2.82. The molecule has 23 heavy (non-hydrogen) atoms. The standard InChI is InChI=1S/C18H19N3OS/c1-12-9-21(10-13(2)22-12)17-15-8-16(14-6-4-3-5-7-14)23-18(15)20-11-19-17/h3-8,11-13H,9-10H2,1-2H3. The molecule has 2 unspecified atom stereocenters. The highest BCUT2D eigenvalue weighted by molar-refractivity contribution is 7.21. The van der Waals surface area contributed by atoms with Crippen LogP contribution in [-0.2, 0) is 4.74 Å². The van der Waals surface area contributed by atoms with Gasteiger partial charge in [-0.05, 0) is 25.5 Å². The molecule has 1 fully saturated rings. The van der Waals surface area contributed by atoms with E-state index in [1.165, 1.54) is 10.4 Å². The van der Waals surface area contributed by atoms with Gasteiger partial charge in [0.1, 0.15) is 17.0 Å². The summed E-state index contributed by atoms with van der Waals surface area (Å²) in [6, 6.07) is 12.7. The number of ether oxygens (including phenoxy) is 1. The quantitative estimate of drug-likeness (QED) is 0.714.